The van der Waals surface area contributed by atoms with Gasteiger partial charge in [0.2, 0.25) is 5.91 Å². The number of aryl methyl sites for hydroxylation is 2. The zero-order chi connectivity index (χ0) is 14.2. The normalized spacial score (nSPS) is 10.4. The second kappa shape index (κ2) is 8.01. The maximum absolute atomic E-state index is 11.7. The number of pyridine rings is 1. The Morgan fingerprint density at radius 2 is 2.30 bits per heavy atom. The first-order valence-electron chi connectivity index (χ1n) is 6.45. The molecule has 0 fully saturated rings. The van der Waals surface area contributed by atoms with E-state index in [1.54, 1.807) is 29.3 Å². The van der Waals surface area contributed by atoms with Gasteiger partial charge in [-0.1, -0.05) is 6.07 Å². The van der Waals surface area contributed by atoms with Crippen LogP contribution < -0.4 is 5.32 Å². The fourth-order valence-electron chi connectivity index (χ4n) is 1.66. The number of carbonyl (C=O) groups is 1. The van der Waals surface area contributed by atoms with Crippen LogP contribution in [0.4, 0.5) is 0 Å². The molecule has 2 aromatic heterocycles. The topological polar surface area (TPSA) is 54.9 Å². The number of thioether (sulfide) groups is 1. The third kappa shape index (κ3) is 4.94. The lowest BCUT2D eigenvalue weighted by Crippen LogP contribution is -2.25. The molecule has 20 heavy (non-hydrogen) atoms. The maximum atomic E-state index is 11.7. The first-order valence-corrected chi connectivity index (χ1v) is 8.31. The third-order valence-electron chi connectivity index (χ3n) is 2.74. The van der Waals surface area contributed by atoms with Gasteiger partial charge in [-0.05, 0) is 25.5 Å². The third-order valence-corrected chi connectivity index (χ3v) is 4.68. The molecule has 0 aromatic carbocycles. The molecule has 2 aromatic rings. The average molecular weight is 307 g/mol. The molecular formula is C14H17N3OS2. The van der Waals surface area contributed by atoms with Crippen LogP contribution in [0.15, 0.2) is 34.9 Å². The monoisotopic (exact) mass is 307 g/mol. The smallest absolute Gasteiger partial charge is 0.220 e. The van der Waals surface area contributed by atoms with Crippen LogP contribution in [0, 0.1) is 6.92 Å². The van der Waals surface area contributed by atoms with Crippen molar-refractivity contribution in [1.82, 2.24) is 15.3 Å². The summed E-state index contributed by atoms with van der Waals surface area (Å²) in [7, 11) is 0. The van der Waals surface area contributed by atoms with Crippen molar-refractivity contribution in [2.45, 2.75) is 24.8 Å². The molecule has 0 unspecified atom stereocenters. The maximum Gasteiger partial charge on any atom is 0.220 e. The summed E-state index contributed by atoms with van der Waals surface area (Å²) in [5.41, 5.74) is 2.86. The first-order chi connectivity index (χ1) is 9.75. The standard InChI is InChI=1S/C14H17N3OS2/c1-11-12(20-10-17-11)5-6-13(18)15-8-9-19-14-4-2-3-7-16-14/h2-4,7,10H,5-6,8-9H2,1H3,(H,15,18). The number of hydrogen-bond acceptors (Lipinski definition) is 5. The van der Waals surface area contributed by atoms with E-state index in [0.29, 0.717) is 13.0 Å². The van der Waals surface area contributed by atoms with Crippen LogP contribution in [0.2, 0.25) is 0 Å². The van der Waals surface area contributed by atoms with Gasteiger partial charge in [-0.15, -0.1) is 23.1 Å². The number of rotatable bonds is 7. The molecule has 0 spiro atoms. The van der Waals surface area contributed by atoms with Gasteiger partial charge in [-0.2, -0.15) is 0 Å². The summed E-state index contributed by atoms with van der Waals surface area (Å²) in [6.45, 7) is 2.65. The predicted molar refractivity (Wildman–Crippen MR) is 83.1 cm³/mol. The van der Waals surface area contributed by atoms with Crippen molar-refractivity contribution < 1.29 is 4.79 Å². The summed E-state index contributed by atoms with van der Waals surface area (Å²) in [6.07, 6.45) is 3.07. The number of nitrogens with zero attached hydrogens (tertiary/aromatic N) is 2. The Kier molecular flexibility index (Phi) is 6.01. The lowest BCUT2D eigenvalue weighted by atomic mass is 10.2. The molecule has 0 aliphatic rings. The van der Waals surface area contributed by atoms with E-state index in [1.807, 2.05) is 30.6 Å². The predicted octanol–water partition coefficient (Wildman–Crippen LogP) is 2.69. The van der Waals surface area contributed by atoms with Crippen LogP contribution in [0.5, 0.6) is 0 Å². The summed E-state index contributed by atoms with van der Waals surface area (Å²) >= 11 is 3.26. The van der Waals surface area contributed by atoms with E-state index in [1.165, 1.54) is 4.88 Å². The van der Waals surface area contributed by atoms with Crippen LogP contribution in [-0.2, 0) is 11.2 Å². The van der Waals surface area contributed by atoms with Crippen LogP contribution in [0.3, 0.4) is 0 Å². The van der Waals surface area contributed by atoms with Gasteiger partial charge in [0.1, 0.15) is 0 Å². The highest BCUT2D eigenvalue weighted by Crippen LogP contribution is 2.14. The van der Waals surface area contributed by atoms with Crippen LogP contribution in [0.25, 0.3) is 0 Å². The zero-order valence-corrected chi connectivity index (χ0v) is 13.0. The molecule has 0 saturated heterocycles. The largest absolute Gasteiger partial charge is 0.355 e. The number of amides is 1. The summed E-state index contributed by atoms with van der Waals surface area (Å²) < 4.78 is 0. The van der Waals surface area contributed by atoms with Gasteiger partial charge >= 0.3 is 0 Å². The van der Waals surface area contributed by atoms with Crippen molar-refractivity contribution in [2.24, 2.45) is 0 Å². The number of aromatic nitrogens is 2. The van der Waals surface area contributed by atoms with Crippen LogP contribution in [0.1, 0.15) is 17.0 Å². The molecule has 106 valence electrons. The van der Waals surface area contributed by atoms with E-state index in [0.717, 1.165) is 22.9 Å². The van der Waals surface area contributed by atoms with E-state index in [-0.39, 0.29) is 5.91 Å². The van der Waals surface area contributed by atoms with Crippen LogP contribution in [-0.4, -0.2) is 28.2 Å². The minimum Gasteiger partial charge on any atom is -0.355 e. The van der Waals surface area contributed by atoms with Gasteiger partial charge < -0.3 is 5.32 Å². The molecule has 0 aliphatic carbocycles. The molecule has 0 saturated carbocycles. The quantitative estimate of drug-likeness (QED) is 0.631. The van der Waals surface area contributed by atoms with Crippen molar-refractivity contribution in [1.29, 1.82) is 0 Å². The summed E-state index contributed by atoms with van der Waals surface area (Å²) in [4.78, 5) is 21.3. The van der Waals surface area contributed by atoms with Crippen molar-refractivity contribution in [3.8, 4) is 0 Å². The Morgan fingerprint density at radius 1 is 1.40 bits per heavy atom. The van der Waals surface area contributed by atoms with E-state index < -0.39 is 0 Å². The van der Waals surface area contributed by atoms with Crippen molar-refractivity contribution in [2.75, 3.05) is 12.3 Å². The van der Waals surface area contributed by atoms with Crippen LogP contribution >= 0.6 is 23.1 Å². The molecule has 1 amide bonds. The Labute approximate surface area is 127 Å². The summed E-state index contributed by atoms with van der Waals surface area (Å²) in [6, 6.07) is 5.83. The lowest BCUT2D eigenvalue weighted by molar-refractivity contribution is -0.120. The second-order valence-corrected chi connectivity index (χ2v) is 6.28. The fourth-order valence-corrected chi connectivity index (χ4v) is 3.16. The highest BCUT2D eigenvalue weighted by molar-refractivity contribution is 7.99. The average Bonchev–Trinajstić information content (AvgIpc) is 2.88. The molecule has 2 heterocycles. The Hall–Kier alpha value is -1.40. The molecule has 2 rings (SSSR count). The van der Waals surface area contributed by atoms with E-state index >= 15 is 0 Å². The Morgan fingerprint density at radius 3 is 3.00 bits per heavy atom. The number of hydrogen-bond donors (Lipinski definition) is 1. The van der Waals surface area contributed by atoms with Crippen molar-refractivity contribution in [3.63, 3.8) is 0 Å². The molecule has 6 heteroatoms. The highest BCUT2D eigenvalue weighted by Gasteiger charge is 2.05. The first kappa shape index (κ1) is 15.0. The summed E-state index contributed by atoms with van der Waals surface area (Å²) in [5.74, 6) is 0.932. The highest BCUT2D eigenvalue weighted by atomic mass is 32.2. The van der Waals surface area contributed by atoms with Gasteiger partial charge in [0.25, 0.3) is 0 Å². The zero-order valence-electron chi connectivity index (χ0n) is 11.3. The SMILES string of the molecule is Cc1ncsc1CCC(=O)NCCSc1ccccn1. The molecule has 1 N–H and O–H groups in total. The van der Waals surface area contributed by atoms with Gasteiger partial charge in [0.05, 0.1) is 16.2 Å². The minimum atomic E-state index is 0.0967. The number of nitrogens with one attached hydrogen (secondary N) is 1. The lowest BCUT2D eigenvalue weighted by Gasteiger charge is -2.04. The molecule has 0 bridgehead atoms. The van der Waals surface area contributed by atoms with E-state index in [2.05, 4.69) is 15.3 Å². The van der Waals surface area contributed by atoms with Gasteiger partial charge in [-0.3, -0.25) is 4.79 Å². The van der Waals surface area contributed by atoms with Gasteiger partial charge in [0.15, 0.2) is 0 Å². The Balaban J connectivity index is 1.60. The fraction of sp³-hybridized carbons (Fsp3) is 0.357. The number of carbonyl (C=O) groups excluding carboxylic acids is 1. The van der Waals surface area contributed by atoms with E-state index in [4.69, 9.17) is 0 Å². The Bertz CT molecular complexity index is 542. The molecule has 4 nitrogen and oxygen atoms in total. The van der Waals surface area contributed by atoms with E-state index in [9.17, 15) is 4.79 Å². The number of thiazole rings is 1. The molecular weight excluding hydrogens is 290 g/mol. The molecule has 0 radical (unpaired) electrons. The van der Waals surface area contributed by atoms with Crippen molar-refractivity contribution in [3.05, 3.63) is 40.5 Å². The summed E-state index contributed by atoms with van der Waals surface area (Å²) in [5, 5.41) is 3.92. The molecule has 0 atom stereocenters. The van der Waals surface area contributed by atoms with Crippen molar-refractivity contribution >= 4 is 29.0 Å². The van der Waals surface area contributed by atoms with Gasteiger partial charge in [-0.25, -0.2) is 9.97 Å². The molecule has 0 aliphatic heterocycles. The second-order valence-electron chi connectivity index (χ2n) is 4.23. The van der Waals surface area contributed by atoms with Gasteiger partial charge in [0, 0.05) is 29.8 Å². The minimum absolute atomic E-state index is 0.0967.